The van der Waals surface area contributed by atoms with E-state index in [2.05, 4.69) is 21.4 Å². The zero-order valence-electron chi connectivity index (χ0n) is 23.0. The molecule has 0 saturated heterocycles. The number of hydrogen-bond donors (Lipinski definition) is 4. The van der Waals surface area contributed by atoms with Gasteiger partial charge < -0.3 is 20.4 Å². The number of H-pyrrole nitrogens is 2. The summed E-state index contributed by atoms with van der Waals surface area (Å²) in [7, 11) is 0. The number of carboxylic acid groups (broad SMARTS) is 1. The van der Waals surface area contributed by atoms with E-state index in [-0.39, 0.29) is 11.9 Å². The molecule has 7 heteroatoms. The number of aromatic amines is 2. The maximum Gasteiger partial charge on any atom is 0.408 e. The van der Waals surface area contributed by atoms with Crippen LogP contribution in [-0.2, 0) is 17.6 Å². The van der Waals surface area contributed by atoms with Gasteiger partial charge >= 0.3 is 6.09 Å². The van der Waals surface area contributed by atoms with Crippen molar-refractivity contribution in [2.75, 3.05) is 6.54 Å². The van der Waals surface area contributed by atoms with Crippen molar-refractivity contribution >= 4 is 33.8 Å². The van der Waals surface area contributed by atoms with Gasteiger partial charge in [0, 0.05) is 53.2 Å². The molecule has 4 bridgehead atoms. The van der Waals surface area contributed by atoms with Crippen LogP contribution in [0.5, 0.6) is 0 Å². The summed E-state index contributed by atoms with van der Waals surface area (Å²) in [5.41, 5.74) is 2.95. The van der Waals surface area contributed by atoms with Gasteiger partial charge in [0.15, 0.2) is 0 Å². The minimum absolute atomic E-state index is 0.111. The third-order valence-corrected chi connectivity index (χ3v) is 10.3. The molecular weight excluding hydrogens is 500 g/mol. The van der Waals surface area contributed by atoms with E-state index in [0.717, 1.165) is 70.5 Å². The quantitative estimate of drug-likeness (QED) is 0.218. The highest BCUT2D eigenvalue weighted by Gasteiger charge is 2.56. The van der Waals surface area contributed by atoms with Crippen molar-refractivity contribution in [3.8, 4) is 0 Å². The largest absolute Gasteiger partial charge is 0.465 e. The Morgan fingerprint density at radius 2 is 1.43 bits per heavy atom. The molecule has 40 heavy (non-hydrogen) atoms. The third-order valence-electron chi connectivity index (χ3n) is 10.3. The van der Waals surface area contributed by atoms with Crippen molar-refractivity contribution in [1.82, 2.24) is 20.2 Å². The number of rotatable bonds is 8. The Bertz CT molecular complexity index is 1540. The summed E-state index contributed by atoms with van der Waals surface area (Å²) < 4.78 is 0. The molecule has 4 N–H and O–H groups in total. The van der Waals surface area contributed by atoms with Gasteiger partial charge in [0.25, 0.3) is 0 Å². The summed E-state index contributed by atoms with van der Waals surface area (Å²) >= 11 is 0. The molecule has 4 aliphatic carbocycles. The van der Waals surface area contributed by atoms with Gasteiger partial charge in [-0.3, -0.25) is 9.69 Å². The van der Waals surface area contributed by atoms with Gasteiger partial charge in [-0.05, 0) is 92.4 Å². The average Bonchev–Trinajstić information content (AvgIpc) is 3.54. The fourth-order valence-electron chi connectivity index (χ4n) is 8.75. The number of carbonyl (C=O) groups is 2. The topological polar surface area (TPSA) is 101 Å². The zero-order valence-corrected chi connectivity index (χ0v) is 23.0. The molecule has 2 amide bonds. The summed E-state index contributed by atoms with van der Waals surface area (Å²) in [6, 6.07) is 16.1. The van der Waals surface area contributed by atoms with Crippen LogP contribution in [0.2, 0.25) is 0 Å². The molecule has 2 aromatic heterocycles. The van der Waals surface area contributed by atoms with E-state index in [1.165, 1.54) is 6.42 Å². The molecule has 4 fully saturated rings. The van der Waals surface area contributed by atoms with E-state index in [0.29, 0.717) is 31.2 Å². The molecule has 4 aromatic rings. The number of carbonyl (C=O) groups excluding carboxylic acids is 1. The van der Waals surface area contributed by atoms with Crippen LogP contribution in [0.3, 0.4) is 0 Å². The normalized spacial score (nSPS) is 26.7. The monoisotopic (exact) mass is 538 g/mol. The smallest absolute Gasteiger partial charge is 0.408 e. The number of benzene rings is 2. The SMILES string of the molecule is CC(Cc1c[nH]c2ccccc12)(C(=O)NCCc1c[nH]c2ccccc12)N(C(=O)O)C1C2CC3CC(C2)CC1C3. The summed E-state index contributed by atoms with van der Waals surface area (Å²) in [6.45, 7) is 2.30. The Kier molecular flexibility index (Phi) is 6.13. The molecule has 2 aromatic carbocycles. The first-order valence-corrected chi connectivity index (χ1v) is 14.8. The summed E-state index contributed by atoms with van der Waals surface area (Å²) in [6.07, 6.45) is 9.62. The Morgan fingerprint density at radius 3 is 2.02 bits per heavy atom. The molecule has 4 aliphatic rings. The van der Waals surface area contributed by atoms with E-state index in [1.54, 1.807) is 4.90 Å². The molecule has 4 saturated carbocycles. The van der Waals surface area contributed by atoms with Crippen LogP contribution in [0, 0.1) is 23.7 Å². The second-order valence-corrected chi connectivity index (χ2v) is 12.7. The van der Waals surface area contributed by atoms with Gasteiger partial charge in [0.1, 0.15) is 5.54 Å². The number of para-hydroxylation sites is 2. The fraction of sp³-hybridized carbons (Fsp3) is 0.455. The molecule has 208 valence electrons. The van der Waals surface area contributed by atoms with Crippen molar-refractivity contribution in [2.24, 2.45) is 23.7 Å². The van der Waals surface area contributed by atoms with E-state index < -0.39 is 11.6 Å². The Morgan fingerprint density at radius 1 is 0.875 bits per heavy atom. The molecule has 2 heterocycles. The molecular formula is C33H38N4O3. The second-order valence-electron chi connectivity index (χ2n) is 12.7. The molecule has 0 radical (unpaired) electrons. The second kappa shape index (κ2) is 9.72. The van der Waals surface area contributed by atoms with Gasteiger partial charge in [-0.25, -0.2) is 4.79 Å². The number of fused-ring (bicyclic) bond motifs is 2. The van der Waals surface area contributed by atoms with Crippen molar-refractivity contribution in [3.63, 3.8) is 0 Å². The standard InChI is InChI=1S/C33H38N4O3/c1-33(17-25-19-36-29-9-5-3-7-27(25)29,31(38)34-11-10-22-18-35-28-8-4-2-6-26(22)28)37(32(39)40)30-23-13-20-12-21(15-23)16-24(30)14-20/h2-9,18-21,23-24,30,35-36H,10-17H2,1H3,(H,34,38)(H,39,40). The zero-order chi connectivity index (χ0) is 27.4. The highest BCUT2D eigenvalue weighted by molar-refractivity contribution is 5.91. The van der Waals surface area contributed by atoms with Crippen molar-refractivity contribution < 1.29 is 14.7 Å². The molecule has 1 unspecified atom stereocenters. The van der Waals surface area contributed by atoms with Crippen LogP contribution >= 0.6 is 0 Å². The predicted molar refractivity (Wildman–Crippen MR) is 156 cm³/mol. The number of nitrogens with zero attached hydrogens (tertiary/aromatic N) is 1. The predicted octanol–water partition coefficient (Wildman–Crippen LogP) is 6.11. The molecule has 8 rings (SSSR count). The van der Waals surface area contributed by atoms with E-state index in [1.807, 2.05) is 61.8 Å². The van der Waals surface area contributed by atoms with Gasteiger partial charge in [-0.1, -0.05) is 36.4 Å². The van der Waals surface area contributed by atoms with Crippen molar-refractivity contribution in [1.29, 1.82) is 0 Å². The van der Waals surface area contributed by atoms with Gasteiger partial charge in [0.2, 0.25) is 5.91 Å². The summed E-state index contributed by atoms with van der Waals surface area (Å²) in [5, 5.41) is 16.2. The molecule has 1 atom stereocenters. The number of hydrogen-bond acceptors (Lipinski definition) is 2. The lowest BCUT2D eigenvalue weighted by molar-refractivity contribution is -0.140. The van der Waals surface area contributed by atoms with E-state index in [4.69, 9.17) is 0 Å². The number of amides is 2. The minimum atomic E-state index is -1.24. The van der Waals surface area contributed by atoms with Gasteiger partial charge in [-0.2, -0.15) is 0 Å². The van der Waals surface area contributed by atoms with Crippen LogP contribution in [0.25, 0.3) is 21.8 Å². The lowest BCUT2D eigenvalue weighted by Gasteiger charge is -2.59. The first-order valence-electron chi connectivity index (χ1n) is 14.8. The van der Waals surface area contributed by atoms with Crippen LogP contribution < -0.4 is 5.32 Å². The maximum atomic E-state index is 14.3. The van der Waals surface area contributed by atoms with Crippen molar-refractivity contribution in [3.05, 3.63) is 72.1 Å². The minimum Gasteiger partial charge on any atom is -0.465 e. The average molecular weight is 539 g/mol. The highest BCUT2D eigenvalue weighted by atomic mass is 16.4. The van der Waals surface area contributed by atoms with Crippen molar-refractivity contribution in [2.45, 2.75) is 63.5 Å². The number of aromatic nitrogens is 2. The van der Waals surface area contributed by atoms with Crippen LogP contribution in [0.1, 0.15) is 50.2 Å². The first kappa shape index (κ1) is 25.2. The van der Waals surface area contributed by atoms with Gasteiger partial charge in [-0.15, -0.1) is 0 Å². The molecule has 0 spiro atoms. The fourth-order valence-corrected chi connectivity index (χ4v) is 8.75. The van der Waals surface area contributed by atoms with Crippen LogP contribution in [0.15, 0.2) is 60.9 Å². The Labute approximate surface area is 234 Å². The van der Waals surface area contributed by atoms with Crippen LogP contribution in [0.4, 0.5) is 4.79 Å². The Hall–Kier alpha value is -3.74. The van der Waals surface area contributed by atoms with E-state index >= 15 is 0 Å². The summed E-state index contributed by atoms with van der Waals surface area (Å²) in [5.74, 6) is 1.91. The lowest BCUT2D eigenvalue weighted by atomic mass is 9.53. The third kappa shape index (κ3) is 4.18. The maximum absolute atomic E-state index is 14.3. The van der Waals surface area contributed by atoms with E-state index in [9.17, 15) is 14.7 Å². The number of nitrogens with one attached hydrogen (secondary N) is 3. The first-order chi connectivity index (χ1) is 19.4. The summed E-state index contributed by atoms with van der Waals surface area (Å²) in [4.78, 5) is 35.7. The highest BCUT2D eigenvalue weighted by Crippen LogP contribution is 2.56. The Balaban J connectivity index is 1.20. The molecule has 0 aliphatic heterocycles. The molecule has 7 nitrogen and oxygen atoms in total. The van der Waals surface area contributed by atoms with Crippen LogP contribution in [-0.4, -0.2) is 50.1 Å². The lowest BCUT2D eigenvalue weighted by Crippen LogP contribution is -2.68. The van der Waals surface area contributed by atoms with Gasteiger partial charge in [0.05, 0.1) is 0 Å².